The molecular weight excluding hydrogens is 540 g/mol. The zero-order chi connectivity index (χ0) is 30.2. The molecule has 1 heterocycles. The molecule has 0 saturated carbocycles. The van der Waals surface area contributed by atoms with Crippen LogP contribution in [0.25, 0.3) is 0 Å². The van der Waals surface area contributed by atoms with E-state index in [0.29, 0.717) is 25.9 Å². The molecule has 0 radical (unpaired) electrons. The van der Waals surface area contributed by atoms with E-state index in [1.165, 1.54) is 10.5 Å². The number of likely N-dealkylation sites (tertiary alicyclic amines) is 1. The van der Waals surface area contributed by atoms with Crippen molar-refractivity contribution in [3.05, 3.63) is 106 Å². The summed E-state index contributed by atoms with van der Waals surface area (Å²) >= 11 is 0. The number of halogens is 2. The van der Waals surface area contributed by atoms with Gasteiger partial charge in [0.2, 0.25) is 0 Å². The third-order valence-electron chi connectivity index (χ3n) is 7.58. The van der Waals surface area contributed by atoms with E-state index < -0.39 is 41.8 Å². The second kappa shape index (κ2) is 14.5. The number of carbonyl (C=O) groups is 2. The number of imide groups is 1. The minimum atomic E-state index is -1.28. The zero-order valence-electron chi connectivity index (χ0n) is 24.1. The number of aryl methyl sites for hydroxylation is 2. The molecule has 1 saturated heterocycles. The number of benzene rings is 3. The molecule has 1 unspecified atom stereocenters. The highest BCUT2D eigenvalue weighted by Gasteiger charge is 2.39. The standard InChI is InChI=1S/C33H39F2N3O4/c1-3-23-8-5-9-24(14-23)19-36-20-31(40)30(17-25-15-27(34)18-28(35)16-25)38(32(41)26-10-4-7-22(2)13-26)33(42)37-12-6-11-29(39)21-37/h4-5,7-10,13-16,18,29-31,36,39-40H,3,6,11-12,17,19-21H2,1-2H3/t29?,30-,31+/m0/s1. The van der Waals surface area contributed by atoms with Crippen LogP contribution in [-0.4, -0.2) is 69.8 Å². The van der Waals surface area contributed by atoms with E-state index in [4.69, 9.17) is 0 Å². The molecule has 0 aromatic heterocycles. The maximum Gasteiger partial charge on any atom is 0.327 e. The molecule has 3 amide bonds. The van der Waals surface area contributed by atoms with Gasteiger partial charge in [0.1, 0.15) is 11.6 Å². The number of hydrogen-bond donors (Lipinski definition) is 3. The number of urea groups is 1. The Kier molecular flexibility index (Phi) is 10.8. The van der Waals surface area contributed by atoms with Gasteiger partial charge in [0.25, 0.3) is 5.91 Å². The molecule has 9 heteroatoms. The van der Waals surface area contributed by atoms with Gasteiger partial charge in [-0.25, -0.2) is 13.6 Å². The number of hydrogen-bond acceptors (Lipinski definition) is 5. The smallest absolute Gasteiger partial charge is 0.327 e. The van der Waals surface area contributed by atoms with Crippen molar-refractivity contribution < 1.29 is 28.6 Å². The number of nitrogens with one attached hydrogen (secondary N) is 1. The fourth-order valence-electron chi connectivity index (χ4n) is 5.41. The van der Waals surface area contributed by atoms with Gasteiger partial charge < -0.3 is 20.4 Å². The molecule has 42 heavy (non-hydrogen) atoms. The minimum absolute atomic E-state index is 0.00627. The summed E-state index contributed by atoms with van der Waals surface area (Å²) in [6, 6.07) is 16.0. The lowest BCUT2D eigenvalue weighted by Crippen LogP contribution is -2.59. The molecule has 224 valence electrons. The molecule has 3 atom stereocenters. The molecule has 0 aliphatic carbocycles. The Hall–Kier alpha value is -3.66. The Morgan fingerprint density at radius 3 is 2.43 bits per heavy atom. The van der Waals surface area contributed by atoms with E-state index in [-0.39, 0.29) is 30.6 Å². The fourth-order valence-corrected chi connectivity index (χ4v) is 5.41. The molecule has 3 aromatic carbocycles. The number of aliphatic hydroxyl groups is 2. The predicted molar refractivity (Wildman–Crippen MR) is 157 cm³/mol. The molecule has 7 nitrogen and oxygen atoms in total. The summed E-state index contributed by atoms with van der Waals surface area (Å²) in [4.78, 5) is 30.5. The number of piperidine rings is 1. The lowest BCUT2D eigenvalue weighted by molar-refractivity contribution is 0.0296. The van der Waals surface area contributed by atoms with Gasteiger partial charge in [0.15, 0.2) is 0 Å². The van der Waals surface area contributed by atoms with Crippen molar-refractivity contribution in [3.63, 3.8) is 0 Å². The largest absolute Gasteiger partial charge is 0.391 e. The fraction of sp³-hybridized carbons (Fsp3) is 0.394. The first-order chi connectivity index (χ1) is 20.1. The SMILES string of the molecule is CCc1cccc(CNC[C@@H](O)[C@H](Cc2cc(F)cc(F)c2)N(C(=O)c2cccc(C)c2)C(=O)N2CCCC(O)C2)c1. The van der Waals surface area contributed by atoms with Crippen molar-refractivity contribution in [2.45, 2.75) is 64.3 Å². The molecule has 1 fully saturated rings. The van der Waals surface area contributed by atoms with E-state index >= 15 is 0 Å². The average molecular weight is 580 g/mol. The molecular formula is C33H39F2N3O4. The van der Waals surface area contributed by atoms with E-state index in [2.05, 4.69) is 18.3 Å². The molecule has 0 spiro atoms. The van der Waals surface area contributed by atoms with Crippen molar-refractivity contribution in [3.8, 4) is 0 Å². The maximum absolute atomic E-state index is 14.2. The Morgan fingerprint density at radius 1 is 1.02 bits per heavy atom. The summed E-state index contributed by atoms with van der Waals surface area (Å²) < 4.78 is 28.4. The van der Waals surface area contributed by atoms with Crippen LogP contribution in [0.5, 0.6) is 0 Å². The quantitative estimate of drug-likeness (QED) is 0.326. The van der Waals surface area contributed by atoms with Crippen LogP contribution in [0.2, 0.25) is 0 Å². The Bertz CT molecular complexity index is 1360. The van der Waals surface area contributed by atoms with Gasteiger partial charge in [-0.1, -0.05) is 48.9 Å². The van der Waals surface area contributed by atoms with Gasteiger partial charge in [-0.05, 0) is 73.6 Å². The number of rotatable bonds is 10. The first kappa shape index (κ1) is 31.3. The van der Waals surface area contributed by atoms with Gasteiger partial charge in [0.05, 0.1) is 18.2 Å². The number of β-amino-alcohol motifs (C(OH)–C–C–N with tert-alkyl or cyclic N) is 1. The van der Waals surface area contributed by atoms with Crippen molar-refractivity contribution in [1.29, 1.82) is 0 Å². The number of aliphatic hydroxyl groups excluding tert-OH is 2. The van der Waals surface area contributed by atoms with E-state index in [9.17, 15) is 28.6 Å². The van der Waals surface area contributed by atoms with Crippen LogP contribution in [-0.2, 0) is 19.4 Å². The van der Waals surface area contributed by atoms with Crippen LogP contribution in [0.4, 0.5) is 13.6 Å². The van der Waals surface area contributed by atoms with Crippen LogP contribution >= 0.6 is 0 Å². The Morgan fingerprint density at radius 2 is 1.74 bits per heavy atom. The summed E-state index contributed by atoms with van der Waals surface area (Å²) in [6.45, 7) is 4.70. The molecule has 1 aliphatic heterocycles. The van der Waals surface area contributed by atoms with Crippen LogP contribution < -0.4 is 5.32 Å². The highest BCUT2D eigenvalue weighted by molar-refractivity contribution is 6.04. The third kappa shape index (κ3) is 8.21. The van der Waals surface area contributed by atoms with E-state index in [1.54, 1.807) is 18.2 Å². The molecule has 3 N–H and O–H groups in total. The number of carbonyl (C=O) groups excluding carboxylic acids is 2. The summed E-state index contributed by atoms with van der Waals surface area (Å²) in [7, 11) is 0. The lowest BCUT2D eigenvalue weighted by atomic mass is 9.97. The summed E-state index contributed by atoms with van der Waals surface area (Å²) in [6.07, 6.45) is -0.222. The van der Waals surface area contributed by atoms with Gasteiger partial charge in [0, 0.05) is 37.8 Å². The molecule has 1 aliphatic rings. The average Bonchev–Trinajstić information content (AvgIpc) is 2.96. The lowest BCUT2D eigenvalue weighted by Gasteiger charge is -2.39. The van der Waals surface area contributed by atoms with Crippen molar-refractivity contribution in [2.24, 2.45) is 0 Å². The molecule has 3 aromatic rings. The Labute approximate surface area is 245 Å². The summed E-state index contributed by atoms with van der Waals surface area (Å²) in [5.74, 6) is -2.23. The normalized spacial score (nSPS) is 16.6. The Balaban J connectivity index is 1.68. The topological polar surface area (TPSA) is 93.1 Å². The van der Waals surface area contributed by atoms with Crippen LogP contribution in [0.3, 0.4) is 0 Å². The summed E-state index contributed by atoms with van der Waals surface area (Å²) in [5.41, 5.74) is 3.43. The number of nitrogens with zero attached hydrogens (tertiary/aromatic N) is 2. The molecule has 4 rings (SSSR count). The summed E-state index contributed by atoms with van der Waals surface area (Å²) in [5, 5.41) is 25.0. The third-order valence-corrected chi connectivity index (χ3v) is 7.58. The van der Waals surface area contributed by atoms with Gasteiger partial charge in [-0.15, -0.1) is 0 Å². The number of amides is 3. The van der Waals surface area contributed by atoms with Crippen LogP contribution in [0.15, 0.2) is 66.7 Å². The molecule has 0 bridgehead atoms. The first-order valence-electron chi connectivity index (χ1n) is 14.4. The van der Waals surface area contributed by atoms with Crippen molar-refractivity contribution in [2.75, 3.05) is 19.6 Å². The first-order valence-corrected chi connectivity index (χ1v) is 14.4. The van der Waals surface area contributed by atoms with Gasteiger partial charge in [-0.3, -0.25) is 9.69 Å². The zero-order valence-corrected chi connectivity index (χ0v) is 24.1. The monoisotopic (exact) mass is 579 g/mol. The van der Waals surface area contributed by atoms with Crippen molar-refractivity contribution >= 4 is 11.9 Å². The second-order valence-corrected chi connectivity index (χ2v) is 11.0. The highest BCUT2D eigenvalue weighted by Crippen LogP contribution is 2.22. The van der Waals surface area contributed by atoms with Crippen LogP contribution in [0.1, 0.15) is 52.4 Å². The maximum atomic E-state index is 14.2. The van der Waals surface area contributed by atoms with Gasteiger partial charge >= 0.3 is 6.03 Å². The highest BCUT2D eigenvalue weighted by atomic mass is 19.1. The second-order valence-electron chi connectivity index (χ2n) is 11.0. The minimum Gasteiger partial charge on any atom is -0.391 e. The van der Waals surface area contributed by atoms with Gasteiger partial charge in [-0.2, -0.15) is 0 Å². The van der Waals surface area contributed by atoms with E-state index in [1.807, 2.05) is 31.2 Å². The van der Waals surface area contributed by atoms with Crippen LogP contribution in [0, 0.1) is 18.6 Å². The van der Waals surface area contributed by atoms with Crippen molar-refractivity contribution in [1.82, 2.24) is 15.1 Å². The van der Waals surface area contributed by atoms with E-state index in [0.717, 1.165) is 40.6 Å². The predicted octanol–water partition coefficient (Wildman–Crippen LogP) is 4.62.